The van der Waals surface area contributed by atoms with Crippen molar-refractivity contribution in [1.82, 2.24) is 25.0 Å². The third-order valence-corrected chi connectivity index (χ3v) is 10.9. The molecule has 192 valence electrons. The average molecular weight is 515 g/mol. The summed E-state index contributed by atoms with van der Waals surface area (Å²) in [5.74, 6) is 0.199. The number of carbonyl (C=O) groups excluding carboxylic acids is 1. The molecule has 4 rings (SSSR count). The minimum Gasteiger partial charge on any atom is -0.381 e. The highest BCUT2D eigenvalue weighted by molar-refractivity contribution is 8.00. The van der Waals surface area contributed by atoms with E-state index in [2.05, 4.69) is 33.7 Å². The van der Waals surface area contributed by atoms with Gasteiger partial charge in [0, 0.05) is 56.5 Å². The standard InChI is InChI=1S/C22H38N6O4S2/c1-4-25-34(30,31)28-11-18-20(12-28)33-22(26-18)27-21(29)17-10-24-13(2)7-15(17)16-8-14(9-23)5-6-19(16)32-3/h13-20,22,24-26H,4-8,10-12H2,1-3H3,(H,27,29). The van der Waals surface area contributed by atoms with Crippen LogP contribution >= 0.6 is 11.8 Å². The topological polar surface area (TPSA) is 136 Å². The van der Waals surface area contributed by atoms with Gasteiger partial charge in [0.1, 0.15) is 5.50 Å². The lowest BCUT2D eigenvalue weighted by Gasteiger charge is -2.44. The lowest BCUT2D eigenvalue weighted by molar-refractivity contribution is -0.131. The van der Waals surface area contributed by atoms with E-state index in [1.54, 1.807) is 25.8 Å². The molecule has 1 saturated carbocycles. The third-order valence-electron chi connectivity index (χ3n) is 7.88. The number of amides is 1. The zero-order chi connectivity index (χ0) is 24.5. The Morgan fingerprint density at radius 2 is 2.06 bits per heavy atom. The molecule has 1 aliphatic carbocycles. The van der Waals surface area contributed by atoms with E-state index in [0.717, 1.165) is 25.7 Å². The van der Waals surface area contributed by atoms with Gasteiger partial charge < -0.3 is 15.4 Å². The maximum absolute atomic E-state index is 13.5. The van der Waals surface area contributed by atoms with Gasteiger partial charge >= 0.3 is 0 Å². The van der Waals surface area contributed by atoms with Crippen molar-refractivity contribution in [2.75, 3.05) is 33.3 Å². The van der Waals surface area contributed by atoms with Gasteiger partial charge in [0.25, 0.3) is 10.2 Å². The Morgan fingerprint density at radius 1 is 1.26 bits per heavy atom. The first-order chi connectivity index (χ1) is 16.2. The average Bonchev–Trinajstić information content (AvgIpc) is 3.37. The van der Waals surface area contributed by atoms with E-state index in [1.807, 2.05) is 0 Å². The zero-order valence-corrected chi connectivity index (χ0v) is 21.8. The summed E-state index contributed by atoms with van der Waals surface area (Å²) in [7, 11) is -1.71. The molecule has 1 amide bonds. The maximum atomic E-state index is 13.5. The number of fused-ring (bicyclic) bond motifs is 1. The summed E-state index contributed by atoms with van der Waals surface area (Å²) in [5, 5.41) is 19.7. The van der Waals surface area contributed by atoms with Crippen molar-refractivity contribution >= 4 is 27.9 Å². The predicted octanol–water partition coefficient (Wildman–Crippen LogP) is 0.199. The molecule has 4 aliphatic rings. The second-order valence-corrected chi connectivity index (χ2v) is 13.2. The van der Waals surface area contributed by atoms with Crippen LogP contribution in [0.3, 0.4) is 0 Å². The van der Waals surface area contributed by atoms with Crippen molar-refractivity contribution < 1.29 is 17.9 Å². The van der Waals surface area contributed by atoms with Crippen LogP contribution in [0.15, 0.2) is 0 Å². The molecule has 4 fully saturated rings. The van der Waals surface area contributed by atoms with Crippen LogP contribution in [0.1, 0.15) is 39.5 Å². The van der Waals surface area contributed by atoms with Crippen LogP contribution in [0.4, 0.5) is 0 Å². The van der Waals surface area contributed by atoms with Crippen molar-refractivity contribution in [3.8, 4) is 6.07 Å². The molecule has 0 spiro atoms. The highest BCUT2D eigenvalue weighted by Crippen LogP contribution is 2.42. The molecular formula is C22H38N6O4S2. The minimum absolute atomic E-state index is 0.0108. The molecule has 0 radical (unpaired) electrons. The van der Waals surface area contributed by atoms with E-state index in [-0.39, 0.29) is 52.5 Å². The van der Waals surface area contributed by atoms with E-state index >= 15 is 0 Å². The highest BCUT2D eigenvalue weighted by atomic mass is 32.2. The van der Waals surface area contributed by atoms with E-state index in [1.165, 1.54) is 4.31 Å². The Hall–Kier alpha value is -0.940. The van der Waals surface area contributed by atoms with Gasteiger partial charge in [-0.3, -0.25) is 10.1 Å². The summed E-state index contributed by atoms with van der Waals surface area (Å²) >= 11 is 1.59. The third kappa shape index (κ3) is 5.56. The number of thioether (sulfide) groups is 1. The quantitative estimate of drug-likeness (QED) is 0.378. The Kier molecular flexibility index (Phi) is 8.44. The summed E-state index contributed by atoms with van der Waals surface area (Å²) < 4.78 is 34.5. The van der Waals surface area contributed by atoms with Gasteiger partial charge in [-0.2, -0.15) is 18.0 Å². The molecule has 0 aromatic rings. The smallest absolute Gasteiger partial charge is 0.279 e. The van der Waals surface area contributed by atoms with E-state index in [0.29, 0.717) is 32.2 Å². The fourth-order valence-electron chi connectivity index (χ4n) is 6.16. The fraction of sp³-hybridized carbons (Fsp3) is 0.909. The first-order valence-corrected chi connectivity index (χ1v) is 14.8. The Balaban J connectivity index is 1.38. The molecule has 3 aliphatic heterocycles. The largest absolute Gasteiger partial charge is 0.381 e. The summed E-state index contributed by atoms with van der Waals surface area (Å²) in [4.78, 5) is 13.5. The number of piperidine rings is 1. The lowest BCUT2D eigenvalue weighted by Crippen LogP contribution is -2.55. The normalized spacial score (nSPS) is 41.1. The molecule has 34 heavy (non-hydrogen) atoms. The second-order valence-electron chi connectivity index (χ2n) is 10.0. The molecule has 12 heteroatoms. The molecule has 10 nitrogen and oxygen atoms in total. The first kappa shape index (κ1) is 26.1. The lowest BCUT2D eigenvalue weighted by atomic mass is 9.66. The molecule has 9 unspecified atom stereocenters. The number of rotatable bonds is 7. The molecule has 3 saturated heterocycles. The van der Waals surface area contributed by atoms with E-state index in [4.69, 9.17) is 4.74 Å². The van der Waals surface area contributed by atoms with Crippen LogP contribution in [0.25, 0.3) is 0 Å². The molecule has 9 atom stereocenters. The summed E-state index contributed by atoms with van der Waals surface area (Å²) in [6, 6.07) is 2.77. The number of nitriles is 1. The van der Waals surface area contributed by atoms with Crippen molar-refractivity contribution in [3.05, 3.63) is 0 Å². The predicted molar refractivity (Wildman–Crippen MR) is 131 cm³/mol. The van der Waals surface area contributed by atoms with E-state index in [9.17, 15) is 18.5 Å². The number of nitrogens with zero attached hydrogens (tertiary/aromatic N) is 2. The van der Waals surface area contributed by atoms with Crippen molar-refractivity contribution in [2.24, 2.45) is 23.7 Å². The van der Waals surface area contributed by atoms with Crippen LogP contribution in [0.5, 0.6) is 0 Å². The maximum Gasteiger partial charge on any atom is 0.279 e. The summed E-state index contributed by atoms with van der Waals surface area (Å²) in [6.07, 6.45) is 3.47. The van der Waals surface area contributed by atoms with Crippen molar-refractivity contribution in [3.63, 3.8) is 0 Å². The summed E-state index contributed by atoms with van der Waals surface area (Å²) in [6.45, 7) is 5.73. The van der Waals surface area contributed by atoms with Crippen LogP contribution < -0.4 is 20.7 Å². The SMILES string of the molecule is CCNS(=O)(=O)N1CC2NC(NC(=O)C3CNC(C)CC3C3CC(C#N)CCC3OC)SC2C1. The van der Waals surface area contributed by atoms with E-state index < -0.39 is 10.2 Å². The number of carbonyl (C=O) groups is 1. The van der Waals surface area contributed by atoms with Gasteiger partial charge in [0.05, 0.1) is 18.1 Å². The van der Waals surface area contributed by atoms with Crippen molar-refractivity contribution in [2.45, 2.75) is 68.5 Å². The fourth-order valence-corrected chi connectivity index (χ4v) is 8.92. The Bertz CT molecular complexity index is 869. The molecule has 3 heterocycles. The number of hydrogen-bond donors (Lipinski definition) is 4. The minimum atomic E-state index is -3.45. The van der Waals surface area contributed by atoms with Gasteiger partial charge in [-0.1, -0.05) is 6.92 Å². The number of hydrogen-bond acceptors (Lipinski definition) is 8. The molecular weight excluding hydrogens is 476 g/mol. The Morgan fingerprint density at radius 3 is 2.74 bits per heavy atom. The number of methoxy groups -OCH3 is 1. The first-order valence-electron chi connectivity index (χ1n) is 12.4. The summed E-state index contributed by atoms with van der Waals surface area (Å²) in [5.41, 5.74) is -0.233. The van der Waals surface area contributed by atoms with Crippen LogP contribution in [-0.4, -0.2) is 80.9 Å². The highest BCUT2D eigenvalue weighted by Gasteiger charge is 2.47. The molecule has 0 aromatic heterocycles. The molecule has 0 aromatic carbocycles. The van der Waals surface area contributed by atoms with Gasteiger partial charge in [-0.05, 0) is 44.4 Å². The van der Waals surface area contributed by atoms with Gasteiger partial charge in [-0.25, -0.2) is 4.72 Å². The van der Waals surface area contributed by atoms with Gasteiger partial charge in [0.15, 0.2) is 0 Å². The number of nitrogens with one attached hydrogen (secondary N) is 4. The van der Waals surface area contributed by atoms with Gasteiger partial charge in [-0.15, -0.1) is 11.8 Å². The van der Waals surface area contributed by atoms with Crippen LogP contribution in [0.2, 0.25) is 0 Å². The van der Waals surface area contributed by atoms with Crippen LogP contribution in [0, 0.1) is 35.0 Å². The number of ether oxygens (including phenoxy) is 1. The molecule has 0 bridgehead atoms. The Labute approximate surface area is 207 Å². The van der Waals surface area contributed by atoms with Crippen LogP contribution in [-0.2, 0) is 19.7 Å². The zero-order valence-electron chi connectivity index (χ0n) is 20.2. The molecule has 4 N–H and O–H groups in total. The van der Waals surface area contributed by atoms with Crippen molar-refractivity contribution in [1.29, 1.82) is 5.26 Å². The van der Waals surface area contributed by atoms with Gasteiger partial charge in [0.2, 0.25) is 5.91 Å². The monoisotopic (exact) mass is 514 g/mol. The second kappa shape index (κ2) is 11.0.